The van der Waals surface area contributed by atoms with Crippen LogP contribution in [0.5, 0.6) is 0 Å². The van der Waals surface area contributed by atoms with Gasteiger partial charge in [0, 0.05) is 12.5 Å². The van der Waals surface area contributed by atoms with Crippen LogP contribution < -0.4 is 0 Å². The van der Waals surface area contributed by atoms with E-state index in [2.05, 4.69) is 39.8 Å². The average Bonchev–Trinajstić information content (AvgIpc) is 1.95. The van der Waals surface area contributed by atoms with Gasteiger partial charge in [0.05, 0.1) is 0 Å². The summed E-state index contributed by atoms with van der Waals surface area (Å²) in [4.78, 5) is 0. The molecule has 0 rings (SSSR count). The van der Waals surface area contributed by atoms with Crippen LogP contribution in [0.25, 0.3) is 0 Å². The molecule has 0 amide bonds. The highest BCUT2D eigenvalue weighted by atomic mass is 16.3. The molecule has 0 aromatic rings. The number of allylic oxidation sites excluding steroid dienone is 1. The van der Waals surface area contributed by atoms with Crippen LogP contribution in [0.2, 0.25) is 0 Å². The van der Waals surface area contributed by atoms with E-state index in [9.17, 15) is 0 Å². The minimum absolute atomic E-state index is 0.272. The molecule has 0 aromatic carbocycles. The quantitative estimate of drug-likeness (QED) is 0.643. The summed E-state index contributed by atoms with van der Waals surface area (Å²) < 4.78 is 0. The van der Waals surface area contributed by atoms with E-state index in [1.165, 1.54) is 0 Å². The second kappa shape index (κ2) is 5.36. The van der Waals surface area contributed by atoms with Crippen LogP contribution in [0.3, 0.4) is 0 Å². The van der Waals surface area contributed by atoms with Gasteiger partial charge in [-0.25, -0.2) is 0 Å². The highest BCUT2D eigenvalue weighted by Gasteiger charge is 2.15. The molecular formula is C11H22O. The standard InChI is InChI=1S/C11H22O/c1-5-6-7-10(9-12)8-11(2,3)4/h6-7,10,12H,5,8-9H2,1-4H3. The summed E-state index contributed by atoms with van der Waals surface area (Å²) >= 11 is 0. The Morgan fingerprint density at radius 1 is 1.33 bits per heavy atom. The third-order valence-electron chi connectivity index (χ3n) is 1.75. The van der Waals surface area contributed by atoms with Gasteiger partial charge in [-0.1, -0.05) is 39.8 Å². The van der Waals surface area contributed by atoms with Crippen molar-refractivity contribution in [2.24, 2.45) is 11.3 Å². The van der Waals surface area contributed by atoms with Crippen LogP contribution in [0.1, 0.15) is 40.5 Å². The zero-order valence-corrected chi connectivity index (χ0v) is 8.80. The van der Waals surface area contributed by atoms with Crippen LogP contribution in [-0.2, 0) is 0 Å². The summed E-state index contributed by atoms with van der Waals surface area (Å²) in [6.45, 7) is 9.00. The van der Waals surface area contributed by atoms with Gasteiger partial charge in [0.2, 0.25) is 0 Å². The summed E-state index contributed by atoms with van der Waals surface area (Å²) in [6.07, 6.45) is 6.37. The molecule has 0 fully saturated rings. The van der Waals surface area contributed by atoms with Crippen LogP contribution in [0.4, 0.5) is 0 Å². The molecule has 12 heavy (non-hydrogen) atoms. The maximum atomic E-state index is 9.06. The van der Waals surface area contributed by atoms with Crippen molar-refractivity contribution >= 4 is 0 Å². The number of hydrogen-bond donors (Lipinski definition) is 1. The SMILES string of the molecule is CCC=CC(CO)CC(C)(C)C. The Hall–Kier alpha value is -0.300. The van der Waals surface area contributed by atoms with Crippen molar-refractivity contribution in [3.05, 3.63) is 12.2 Å². The normalized spacial score (nSPS) is 15.4. The van der Waals surface area contributed by atoms with Gasteiger partial charge in [-0.3, -0.25) is 0 Å². The van der Waals surface area contributed by atoms with Gasteiger partial charge in [-0.15, -0.1) is 0 Å². The van der Waals surface area contributed by atoms with E-state index < -0.39 is 0 Å². The maximum absolute atomic E-state index is 9.06. The van der Waals surface area contributed by atoms with Crippen molar-refractivity contribution in [1.82, 2.24) is 0 Å². The van der Waals surface area contributed by atoms with Gasteiger partial charge in [-0.2, -0.15) is 0 Å². The van der Waals surface area contributed by atoms with Crippen molar-refractivity contribution < 1.29 is 5.11 Å². The molecule has 0 aliphatic rings. The number of hydrogen-bond acceptors (Lipinski definition) is 1. The number of aliphatic hydroxyl groups excluding tert-OH is 1. The monoisotopic (exact) mass is 170 g/mol. The van der Waals surface area contributed by atoms with Crippen molar-refractivity contribution in [2.45, 2.75) is 40.5 Å². The van der Waals surface area contributed by atoms with E-state index in [0.717, 1.165) is 12.8 Å². The third-order valence-corrected chi connectivity index (χ3v) is 1.75. The molecule has 0 bridgehead atoms. The van der Waals surface area contributed by atoms with Crippen LogP contribution in [0, 0.1) is 11.3 Å². The maximum Gasteiger partial charge on any atom is 0.0493 e. The molecule has 0 saturated heterocycles. The molecule has 0 spiro atoms. The third kappa shape index (κ3) is 6.41. The first-order chi connectivity index (χ1) is 5.49. The number of rotatable bonds is 4. The fraction of sp³-hybridized carbons (Fsp3) is 0.818. The molecule has 72 valence electrons. The molecule has 0 saturated carbocycles. The molecule has 0 aliphatic carbocycles. The largest absolute Gasteiger partial charge is 0.396 e. The van der Waals surface area contributed by atoms with Crippen molar-refractivity contribution in [2.75, 3.05) is 6.61 Å². The van der Waals surface area contributed by atoms with Crippen molar-refractivity contribution in [3.8, 4) is 0 Å². The van der Waals surface area contributed by atoms with Gasteiger partial charge in [-0.05, 0) is 18.3 Å². The van der Waals surface area contributed by atoms with Gasteiger partial charge in [0.15, 0.2) is 0 Å². The Bertz CT molecular complexity index is 130. The van der Waals surface area contributed by atoms with E-state index in [-0.39, 0.29) is 6.61 Å². The molecule has 1 atom stereocenters. The van der Waals surface area contributed by atoms with Gasteiger partial charge in [0.1, 0.15) is 0 Å². The highest BCUT2D eigenvalue weighted by molar-refractivity contribution is 4.89. The zero-order chi connectivity index (χ0) is 9.61. The molecular weight excluding hydrogens is 148 g/mol. The zero-order valence-electron chi connectivity index (χ0n) is 8.80. The van der Waals surface area contributed by atoms with Crippen LogP contribution in [-0.4, -0.2) is 11.7 Å². The fourth-order valence-corrected chi connectivity index (χ4v) is 1.31. The minimum Gasteiger partial charge on any atom is -0.396 e. The van der Waals surface area contributed by atoms with E-state index in [1.807, 2.05) is 0 Å². The lowest BCUT2D eigenvalue weighted by atomic mass is 9.85. The molecule has 1 nitrogen and oxygen atoms in total. The smallest absolute Gasteiger partial charge is 0.0493 e. The Morgan fingerprint density at radius 2 is 1.92 bits per heavy atom. The van der Waals surface area contributed by atoms with Crippen molar-refractivity contribution in [1.29, 1.82) is 0 Å². The first-order valence-electron chi connectivity index (χ1n) is 4.77. The van der Waals surface area contributed by atoms with E-state index in [0.29, 0.717) is 11.3 Å². The number of aliphatic hydroxyl groups is 1. The van der Waals surface area contributed by atoms with Gasteiger partial charge in [0.25, 0.3) is 0 Å². The molecule has 0 heterocycles. The first kappa shape index (κ1) is 11.7. The average molecular weight is 170 g/mol. The first-order valence-corrected chi connectivity index (χ1v) is 4.77. The van der Waals surface area contributed by atoms with E-state index >= 15 is 0 Å². The molecule has 0 aromatic heterocycles. The molecule has 1 heteroatoms. The molecule has 1 N–H and O–H groups in total. The summed E-state index contributed by atoms with van der Waals surface area (Å²) in [6, 6.07) is 0. The van der Waals surface area contributed by atoms with Gasteiger partial charge >= 0.3 is 0 Å². The van der Waals surface area contributed by atoms with Crippen LogP contribution in [0.15, 0.2) is 12.2 Å². The predicted molar refractivity (Wildman–Crippen MR) is 54.1 cm³/mol. The Morgan fingerprint density at radius 3 is 2.25 bits per heavy atom. The molecule has 0 radical (unpaired) electrons. The Labute approximate surface area is 76.5 Å². The second-order valence-corrected chi connectivity index (χ2v) is 4.54. The van der Waals surface area contributed by atoms with E-state index in [4.69, 9.17) is 5.11 Å². The van der Waals surface area contributed by atoms with E-state index in [1.54, 1.807) is 0 Å². The lowest BCUT2D eigenvalue weighted by Crippen LogP contribution is -2.14. The summed E-state index contributed by atoms with van der Waals surface area (Å²) in [5.41, 5.74) is 0.311. The lowest BCUT2D eigenvalue weighted by Gasteiger charge is -2.22. The summed E-state index contributed by atoms with van der Waals surface area (Å²) in [5.74, 6) is 0.338. The highest BCUT2D eigenvalue weighted by Crippen LogP contribution is 2.24. The topological polar surface area (TPSA) is 20.2 Å². The minimum atomic E-state index is 0.272. The summed E-state index contributed by atoms with van der Waals surface area (Å²) in [7, 11) is 0. The lowest BCUT2D eigenvalue weighted by molar-refractivity contribution is 0.207. The molecule has 0 aliphatic heterocycles. The molecule has 1 unspecified atom stereocenters. The Balaban J connectivity index is 3.91. The van der Waals surface area contributed by atoms with Crippen molar-refractivity contribution in [3.63, 3.8) is 0 Å². The van der Waals surface area contributed by atoms with Gasteiger partial charge < -0.3 is 5.11 Å². The fourth-order valence-electron chi connectivity index (χ4n) is 1.31. The summed E-state index contributed by atoms with van der Waals surface area (Å²) in [5, 5.41) is 9.06. The predicted octanol–water partition coefficient (Wildman–Crippen LogP) is 3.00. The second-order valence-electron chi connectivity index (χ2n) is 4.54. The van der Waals surface area contributed by atoms with Crippen LogP contribution >= 0.6 is 0 Å². The Kier molecular flexibility index (Phi) is 5.23.